The average Bonchev–Trinajstić information content (AvgIpc) is 3.16. The van der Waals surface area contributed by atoms with Crippen molar-refractivity contribution < 1.29 is 14.6 Å². The highest BCUT2D eigenvalue weighted by Crippen LogP contribution is 2.31. The number of carbonyl (C=O) groups is 1. The van der Waals surface area contributed by atoms with Crippen LogP contribution in [0.5, 0.6) is 0 Å². The Bertz CT molecular complexity index is 463. The standard InChI is InChI=1S/C12H15N3O3S/c16-10(17)14-15-12(6-7-12)13-11(19)18-8-9-4-2-1-3-5-9/h1-5,14-15H,6-8H2,(H,13,19)(H,16,17). The molecule has 0 aromatic heterocycles. The van der Waals surface area contributed by atoms with Crippen molar-refractivity contribution in [3.8, 4) is 0 Å². The summed E-state index contributed by atoms with van der Waals surface area (Å²) in [5, 5.41) is 11.7. The van der Waals surface area contributed by atoms with Gasteiger partial charge in [-0.1, -0.05) is 30.3 Å². The minimum atomic E-state index is -1.14. The summed E-state index contributed by atoms with van der Waals surface area (Å²) in [5.74, 6) is 0. The molecule has 0 radical (unpaired) electrons. The Balaban J connectivity index is 1.74. The van der Waals surface area contributed by atoms with Crippen molar-refractivity contribution in [1.29, 1.82) is 0 Å². The molecular formula is C12H15N3O3S. The van der Waals surface area contributed by atoms with E-state index in [2.05, 4.69) is 16.2 Å². The molecule has 4 N–H and O–H groups in total. The van der Waals surface area contributed by atoms with Gasteiger partial charge in [0.05, 0.1) is 0 Å². The summed E-state index contributed by atoms with van der Waals surface area (Å²) in [5.41, 5.74) is 5.30. The van der Waals surface area contributed by atoms with Gasteiger partial charge in [0.2, 0.25) is 0 Å². The number of amides is 1. The molecule has 2 rings (SSSR count). The van der Waals surface area contributed by atoms with Crippen LogP contribution in [0.15, 0.2) is 30.3 Å². The molecule has 1 fully saturated rings. The van der Waals surface area contributed by atoms with Gasteiger partial charge in [-0.2, -0.15) is 0 Å². The maximum atomic E-state index is 10.4. The third-order valence-corrected chi connectivity index (χ3v) is 2.93. The molecule has 1 amide bonds. The van der Waals surface area contributed by atoms with Gasteiger partial charge in [-0.3, -0.25) is 5.43 Å². The molecule has 0 unspecified atom stereocenters. The lowest BCUT2D eigenvalue weighted by Crippen LogP contribution is -2.54. The van der Waals surface area contributed by atoms with Crippen LogP contribution >= 0.6 is 12.2 Å². The van der Waals surface area contributed by atoms with Crippen LogP contribution in [-0.2, 0) is 11.3 Å². The zero-order valence-corrected chi connectivity index (χ0v) is 11.0. The van der Waals surface area contributed by atoms with E-state index in [9.17, 15) is 4.79 Å². The Morgan fingerprint density at radius 3 is 2.63 bits per heavy atom. The predicted octanol–water partition coefficient (Wildman–Crippen LogP) is 1.34. The molecule has 0 aliphatic heterocycles. The molecule has 1 aliphatic rings. The smallest absolute Gasteiger partial charge is 0.419 e. The van der Waals surface area contributed by atoms with E-state index in [1.54, 1.807) is 0 Å². The molecule has 1 aromatic carbocycles. The van der Waals surface area contributed by atoms with Crippen molar-refractivity contribution in [2.75, 3.05) is 0 Å². The summed E-state index contributed by atoms with van der Waals surface area (Å²) in [6, 6.07) is 9.67. The number of ether oxygens (including phenoxy) is 1. The fourth-order valence-electron chi connectivity index (χ4n) is 1.53. The topological polar surface area (TPSA) is 82.6 Å². The first-order chi connectivity index (χ1) is 9.10. The Hall–Kier alpha value is -1.86. The second-order valence-corrected chi connectivity index (χ2v) is 4.69. The summed E-state index contributed by atoms with van der Waals surface area (Å²) in [6.07, 6.45) is 0.425. The molecule has 0 heterocycles. The minimum absolute atomic E-state index is 0.251. The maximum absolute atomic E-state index is 10.4. The van der Waals surface area contributed by atoms with Crippen LogP contribution in [-0.4, -0.2) is 22.0 Å². The van der Waals surface area contributed by atoms with Crippen molar-refractivity contribution in [3.63, 3.8) is 0 Å². The van der Waals surface area contributed by atoms with Crippen LogP contribution in [0, 0.1) is 0 Å². The average molecular weight is 281 g/mol. The molecule has 1 aromatic rings. The Morgan fingerprint density at radius 2 is 2.05 bits per heavy atom. The second kappa shape index (κ2) is 5.85. The number of hydrogen-bond acceptors (Lipinski definition) is 4. The number of benzene rings is 1. The van der Waals surface area contributed by atoms with Gasteiger partial charge in [-0.15, -0.1) is 0 Å². The molecule has 0 saturated heterocycles. The Labute approximate surface area is 116 Å². The van der Waals surface area contributed by atoms with Crippen molar-refractivity contribution in [2.24, 2.45) is 0 Å². The summed E-state index contributed by atoms with van der Waals surface area (Å²) < 4.78 is 5.42. The van der Waals surface area contributed by atoms with E-state index >= 15 is 0 Å². The Morgan fingerprint density at radius 1 is 1.37 bits per heavy atom. The molecule has 6 nitrogen and oxygen atoms in total. The molecule has 0 atom stereocenters. The van der Waals surface area contributed by atoms with E-state index in [0.29, 0.717) is 6.61 Å². The van der Waals surface area contributed by atoms with Crippen LogP contribution in [0.4, 0.5) is 4.79 Å². The predicted molar refractivity (Wildman–Crippen MR) is 73.2 cm³/mol. The van der Waals surface area contributed by atoms with Crippen molar-refractivity contribution in [2.45, 2.75) is 25.1 Å². The largest absolute Gasteiger partial charge is 0.466 e. The first-order valence-corrected chi connectivity index (χ1v) is 6.25. The van der Waals surface area contributed by atoms with Gasteiger partial charge >= 0.3 is 6.09 Å². The summed E-state index contributed by atoms with van der Waals surface area (Å²) in [7, 11) is 0. The number of carboxylic acid groups (broad SMARTS) is 1. The van der Waals surface area contributed by atoms with E-state index in [0.717, 1.165) is 18.4 Å². The fraction of sp³-hybridized carbons (Fsp3) is 0.333. The van der Waals surface area contributed by atoms with E-state index in [1.165, 1.54) is 0 Å². The summed E-state index contributed by atoms with van der Waals surface area (Å²) in [6.45, 7) is 0.384. The first-order valence-electron chi connectivity index (χ1n) is 5.85. The molecule has 0 spiro atoms. The van der Waals surface area contributed by atoms with Crippen molar-refractivity contribution in [3.05, 3.63) is 35.9 Å². The lowest BCUT2D eigenvalue weighted by atomic mass is 10.2. The van der Waals surface area contributed by atoms with Gasteiger partial charge in [-0.25, -0.2) is 10.2 Å². The third-order valence-electron chi connectivity index (χ3n) is 2.71. The lowest BCUT2D eigenvalue weighted by Gasteiger charge is -2.20. The van der Waals surface area contributed by atoms with Crippen molar-refractivity contribution >= 4 is 23.5 Å². The minimum Gasteiger partial charge on any atom is -0.466 e. The van der Waals surface area contributed by atoms with E-state index in [1.807, 2.05) is 30.3 Å². The highest BCUT2D eigenvalue weighted by molar-refractivity contribution is 7.80. The number of hydrazine groups is 1. The first kappa shape index (κ1) is 13.6. The van der Waals surface area contributed by atoms with Gasteiger partial charge in [0.1, 0.15) is 12.3 Å². The quantitative estimate of drug-likeness (QED) is 0.370. The molecule has 1 aliphatic carbocycles. The Kier molecular flexibility index (Phi) is 4.18. The van der Waals surface area contributed by atoms with Crippen LogP contribution in [0.3, 0.4) is 0 Å². The highest BCUT2D eigenvalue weighted by Gasteiger charge is 2.44. The molecule has 19 heavy (non-hydrogen) atoms. The maximum Gasteiger partial charge on any atom is 0.419 e. The van der Waals surface area contributed by atoms with Crippen LogP contribution in [0.25, 0.3) is 0 Å². The molecular weight excluding hydrogens is 266 g/mol. The zero-order chi connectivity index (χ0) is 13.7. The van der Waals surface area contributed by atoms with E-state index < -0.39 is 11.8 Å². The van der Waals surface area contributed by atoms with Gasteiger partial charge in [0, 0.05) is 0 Å². The number of rotatable bonds is 5. The van der Waals surface area contributed by atoms with Gasteiger partial charge < -0.3 is 15.2 Å². The van der Waals surface area contributed by atoms with E-state index in [4.69, 9.17) is 22.1 Å². The summed E-state index contributed by atoms with van der Waals surface area (Å²) >= 11 is 5.07. The van der Waals surface area contributed by atoms with Crippen molar-refractivity contribution in [1.82, 2.24) is 16.2 Å². The number of hydrogen-bond donors (Lipinski definition) is 4. The van der Waals surface area contributed by atoms with Crippen LogP contribution in [0.2, 0.25) is 0 Å². The molecule has 7 heteroatoms. The van der Waals surface area contributed by atoms with Gasteiger partial charge in [0.15, 0.2) is 0 Å². The fourth-order valence-corrected chi connectivity index (χ4v) is 1.79. The van der Waals surface area contributed by atoms with Crippen LogP contribution in [0.1, 0.15) is 18.4 Å². The SMILES string of the molecule is O=C(O)NNC1(NC(=S)OCc2ccccc2)CC1. The second-order valence-electron chi connectivity index (χ2n) is 4.32. The summed E-state index contributed by atoms with van der Waals surface area (Å²) in [4.78, 5) is 10.4. The highest BCUT2D eigenvalue weighted by atomic mass is 32.1. The number of thiocarbonyl (C=S) groups is 1. The molecule has 102 valence electrons. The van der Waals surface area contributed by atoms with Gasteiger partial charge in [-0.05, 0) is 30.6 Å². The molecule has 1 saturated carbocycles. The normalized spacial score (nSPS) is 15.4. The van der Waals surface area contributed by atoms with E-state index in [-0.39, 0.29) is 5.17 Å². The third kappa shape index (κ3) is 4.38. The number of nitrogens with one attached hydrogen (secondary N) is 3. The monoisotopic (exact) mass is 281 g/mol. The van der Waals surface area contributed by atoms with Crippen LogP contribution < -0.4 is 16.2 Å². The zero-order valence-electron chi connectivity index (χ0n) is 10.2. The lowest BCUT2D eigenvalue weighted by molar-refractivity contribution is 0.183. The van der Waals surface area contributed by atoms with Gasteiger partial charge in [0.25, 0.3) is 5.17 Å². The molecule has 0 bridgehead atoms.